The molecule has 120 valence electrons. The van der Waals surface area contributed by atoms with Crippen LogP contribution >= 0.6 is 27.5 Å². The van der Waals surface area contributed by atoms with E-state index in [2.05, 4.69) is 15.9 Å². The molecule has 0 N–H and O–H groups in total. The van der Waals surface area contributed by atoms with E-state index in [9.17, 15) is 4.79 Å². The van der Waals surface area contributed by atoms with Crippen LogP contribution < -0.4 is 4.74 Å². The van der Waals surface area contributed by atoms with Crippen LogP contribution in [0.15, 0.2) is 40.9 Å². The van der Waals surface area contributed by atoms with Crippen LogP contribution in [0.5, 0.6) is 5.75 Å². The highest BCUT2D eigenvalue weighted by atomic mass is 79.9. The first-order valence-corrected chi connectivity index (χ1v) is 8.46. The van der Waals surface area contributed by atoms with E-state index in [1.54, 1.807) is 13.2 Å². The first-order valence-electron chi connectivity index (χ1n) is 7.29. The number of methoxy groups -OCH3 is 1. The minimum absolute atomic E-state index is 0.0293. The maximum absolute atomic E-state index is 12.9. The molecule has 0 saturated heterocycles. The van der Waals surface area contributed by atoms with Crippen LogP contribution in [0.4, 0.5) is 0 Å². The Labute approximate surface area is 149 Å². The minimum Gasteiger partial charge on any atom is -0.497 e. The molecule has 0 fully saturated rings. The topological polar surface area (TPSA) is 29.5 Å². The van der Waals surface area contributed by atoms with Crippen molar-refractivity contribution in [3.63, 3.8) is 0 Å². The zero-order valence-electron chi connectivity index (χ0n) is 13.2. The van der Waals surface area contributed by atoms with Crippen LogP contribution in [0.1, 0.15) is 35.3 Å². The molecule has 0 aromatic heterocycles. The third-order valence-electron chi connectivity index (χ3n) is 4.35. The number of fused-ring (bicyclic) bond motifs is 1. The summed E-state index contributed by atoms with van der Waals surface area (Å²) in [6.45, 7) is 4.62. The van der Waals surface area contributed by atoms with Gasteiger partial charge in [0.1, 0.15) is 5.75 Å². The quantitative estimate of drug-likeness (QED) is 0.733. The first kappa shape index (κ1) is 16.3. The van der Waals surface area contributed by atoms with Crippen LogP contribution in [0.25, 0.3) is 0 Å². The Morgan fingerprint density at radius 3 is 2.48 bits per heavy atom. The summed E-state index contributed by atoms with van der Waals surface area (Å²) in [5.41, 5.74) is 2.19. The Balaban J connectivity index is 1.98. The molecule has 0 aliphatic carbocycles. The summed E-state index contributed by atoms with van der Waals surface area (Å²) in [5, 5.41) is 0.490. The van der Waals surface area contributed by atoms with Gasteiger partial charge in [-0.3, -0.25) is 4.79 Å². The predicted molar refractivity (Wildman–Crippen MR) is 95.0 cm³/mol. The van der Waals surface area contributed by atoms with Crippen molar-refractivity contribution in [2.75, 3.05) is 7.11 Å². The molecule has 23 heavy (non-hydrogen) atoms. The molecule has 1 aliphatic rings. The highest BCUT2D eigenvalue weighted by Crippen LogP contribution is 2.43. The van der Waals surface area contributed by atoms with Crippen molar-refractivity contribution < 1.29 is 9.53 Å². The zero-order chi connectivity index (χ0) is 16.8. The summed E-state index contributed by atoms with van der Waals surface area (Å²) in [7, 11) is 1.64. The maximum Gasteiger partial charge on any atom is 0.256 e. The Hall–Kier alpha value is -1.52. The Morgan fingerprint density at radius 1 is 1.22 bits per heavy atom. The van der Waals surface area contributed by atoms with Crippen molar-refractivity contribution in [2.45, 2.75) is 25.9 Å². The van der Waals surface area contributed by atoms with Crippen LogP contribution in [0, 0.1) is 0 Å². The fraction of sp³-hybridized carbons (Fsp3) is 0.278. The van der Waals surface area contributed by atoms with Crippen molar-refractivity contribution in [3.05, 3.63) is 62.6 Å². The first-order chi connectivity index (χ1) is 10.8. The normalized spacial score (nSPS) is 15.7. The summed E-state index contributed by atoms with van der Waals surface area (Å²) >= 11 is 9.77. The van der Waals surface area contributed by atoms with Gasteiger partial charge >= 0.3 is 0 Å². The molecule has 0 saturated carbocycles. The molecule has 0 radical (unpaired) electrons. The number of hydrogen-bond donors (Lipinski definition) is 0. The van der Waals surface area contributed by atoms with E-state index in [0.717, 1.165) is 21.3 Å². The molecule has 1 aliphatic heterocycles. The fourth-order valence-corrected chi connectivity index (χ4v) is 3.88. The van der Waals surface area contributed by atoms with E-state index in [0.29, 0.717) is 17.1 Å². The largest absolute Gasteiger partial charge is 0.497 e. The van der Waals surface area contributed by atoms with Gasteiger partial charge in [0.25, 0.3) is 5.91 Å². The van der Waals surface area contributed by atoms with Crippen LogP contribution in [0.2, 0.25) is 5.02 Å². The van der Waals surface area contributed by atoms with E-state index in [1.165, 1.54) is 0 Å². The summed E-state index contributed by atoms with van der Waals surface area (Å²) in [6.07, 6.45) is 0. The highest BCUT2D eigenvalue weighted by molar-refractivity contribution is 9.10. The molecule has 0 bridgehead atoms. The molecular weight excluding hydrogens is 378 g/mol. The number of nitrogens with zero attached hydrogens (tertiary/aromatic N) is 1. The summed E-state index contributed by atoms with van der Waals surface area (Å²) in [4.78, 5) is 14.7. The number of benzene rings is 2. The number of rotatable bonds is 3. The lowest BCUT2D eigenvalue weighted by atomic mass is 9.93. The fourth-order valence-electron chi connectivity index (χ4n) is 2.99. The molecule has 3 nitrogen and oxygen atoms in total. The summed E-state index contributed by atoms with van der Waals surface area (Å²) in [6, 6.07) is 11.5. The van der Waals surface area contributed by atoms with Crippen molar-refractivity contribution in [1.29, 1.82) is 0 Å². The molecule has 1 amide bonds. The SMILES string of the molecule is COc1ccc(CN2C(=O)c3c(Cl)cc(Br)cc3C2(C)C)cc1. The van der Waals surface area contributed by atoms with E-state index in [-0.39, 0.29) is 5.91 Å². The van der Waals surface area contributed by atoms with Crippen LogP contribution in [0.3, 0.4) is 0 Å². The molecule has 0 unspecified atom stereocenters. The smallest absolute Gasteiger partial charge is 0.256 e. The number of halogens is 2. The van der Waals surface area contributed by atoms with Crippen molar-refractivity contribution in [3.8, 4) is 5.75 Å². The summed E-state index contributed by atoms with van der Waals surface area (Å²) in [5.74, 6) is 0.773. The average Bonchev–Trinajstić information content (AvgIpc) is 2.69. The van der Waals surface area contributed by atoms with Crippen molar-refractivity contribution in [1.82, 2.24) is 4.90 Å². The average molecular weight is 395 g/mol. The van der Waals surface area contributed by atoms with Gasteiger partial charge in [-0.05, 0) is 49.2 Å². The van der Waals surface area contributed by atoms with Crippen LogP contribution in [-0.4, -0.2) is 17.9 Å². The van der Waals surface area contributed by atoms with Crippen LogP contribution in [-0.2, 0) is 12.1 Å². The van der Waals surface area contributed by atoms with Gasteiger partial charge in [-0.15, -0.1) is 0 Å². The number of carbonyl (C=O) groups is 1. The van der Waals surface area contributed by atoms with Gasteiger partial charge < -0.3 is 9.64 Å². The Morgan fingerprint density at radius 2 is 1.87 bits per heavy atom. The van der Waals surface area contributed by atoms with E-state index >= 15 is 0 Å². The highest BCUT2D eigenvalue weighted by Gasteiger charge is 2.44. The van der Waals surface area contributed by atoms with Gasteiger partial charge in [-0.1, -0.05) is 39.7 Å². The molecule has 2 aromatic carbocycles. The van der Waals surface area contributed by atoms with Gasteiger partial charge in [0, 0.05) is 11.0 Å². The van der Waals surface area contributed by atoms with Gasteiger partial charge in [0.15, 0.2) is 0 Å². The lowest BCUT2D eigenvalue weighted by Crippen LogP contribution is -2.38. The Bertz CT molecular complexity index is 771. The second-order valence-electron chi connectivity index (χ2n) is 6.11. The predicted octanol–water partition coefficient (Wildman–Crippen LogP) is 5.00. The van der Waals surface area contributed by atoms with Gasteiger partial charge in [-0.25, -0.2) is 0 Å². The van der Waals surface area contributed by atoms with Gasteiger partial charge in [0.05, 0.1) is 23.2 Å². The zero-order valence-corrected chi connectivity index (χ0v) is 15.5. The van der Waals surface area contributed by atoms with E-state index < -0.39 is 5.54 Å². The molecule has 1 heterocycles. The lowest BCUT2D eigenvalue weighted by Gasteiger charge is -2.32. The third kappa shape index (κ3) is 2.74. The van der Waals surface area contributed by atoms with E-state index in [1.807, 2.05) is 49.1 Å². The summed E-state index contributed by atoms with van der Waals surface area (Å²) < 4.78 is 6.06. The Kier molecular flexibility index (Phi) is 4.15. The van der Waals surface area contributed by atoms with Gasteiger partial charge in [0.2, 0.25) is 0 Å². The molecule has 0 spiro atoms. The molecular formula is C18H17BrClNO2. The van der Waals surface area contributed by atoms with E-state index in [4.69, 9.17) is 16.3 Å². The number of amides is 1. The lowest BCUT2D eigenvalue weighted by molar-refractivity contribution is 0.0595. The molecule has 5 heteroatoms. The maximum atomic E-state index is 12.9. The second kappa shape index (κ2) is 5.84. The van der Waals surface area contributed by atoms with Gasteiger partial charge in [-0.2, -0.15) is 0 Å². The third-order valence-corrected chi connectivity index (χ3v) is 5.10. The molecule has 2 aromatic rings. The monoisotopic (exact) mass is 393 g/mol. The molecule has 0 atom stereocenters. The van der Waals surface area contributed by atoms with Crippen molar-refractivity contribution >= 4 is 33.4 Å². The standard InChI is InChI=1S/C18H17BrClNO2/c1-18(2)14-8-12(19)9-15(20)16(14)17(22)21(18)10-11-4-6-13(23-3)7-5-11/h4-9H,10H2,1-3H3. The number of ether oxygens (including phenoxy) is 1. The minimum atomic E-state index is -0.417. The van der Waals surface area contributed by atoms with Crippen molar-refractivity contribution in [2.24, 2.45) is 0 Å². The number of carbonyl (C=O) groups excluding carboxylic acids is 1. The molecule has 3 rings (SSSR count). The second-order valence-corrected chi connectivity index (χ2v) is 7.43. The number of hydrogen-bond acceptors (Lipinski definition) is 2.